The predicted molar refractivity (Wildman–Crippen MR) is 90.4 cm³/mol. The Morgan fingerprint density at radius 3 is 2.40 bits per heavy atom. The molecule has 0 heterocycles. The van der Waals surface area contributed by atoms with Gasteiger partial charge in [0.2, 0.25) is 0 Å². The third kappa shape index (κ3) is 2.63. The maximum Gasteiger partial charge on any atom is 0.312 e. The minimum Gasteiger partial charge on any atom is -0.481 e. The van der Waals surface area contributed by atoms with Crippen molar-refractivity contribution in [3.8, 4) is 0 Å². The number of carbonyl (C=O) groups is 1. The molecule has 1 saturated carbocycles. The minimum atomic E-state index is -3.94. The van der Waals surface area contributed by atoms with Gasteiger partial charge in [-0.1, -0.05) is 29.8 Å². The van der Waals surface area contributed by atoms with Gasteiger partial charge in [0.15, 0.2) is 9.84 Å². The molecule has 132 valence electrons. The SMILES string of the molecule is Cc1ccc(S(=O)(=O)[C@@H]2[C@@H](c3cccc(F)c3)[C@]2(CN)C(=O)O)cc1. The molecule has 1 aliphatic carbocycles. The van der Waals surface area contributed by atoms with Crippen LogP contribution >= 0.6 is 0 Å². The van der Waals surface area contributed by atoms with Crippen LogP contribution < -0.4 is 5.73 Å². The molecule has 2 aromatic carbocycles. The average Bonchev–Trinajstić information content (AvgIpc) is 3.27. The van der Waals surface area contributed by atoms with Crippen LogP contribution in [0.5, 0.6) is 0 Å². The molecule has 2 aromatic rings. The molecule has 1 fully saturated rings. The highest BCUT2D eigenvalue weighted by Gasteiger charge is 2.75. The summed E-state index contributed by atoms with van der Waals surface area (Å²) in [4.78, 5) is 11.9. The summed E-state index contributed by atoms with van der Waals surface area (Å²) in [5.41, 5.74) is 5.25. The number of rotatable bonds is 5. The number of carboxylic acids is 1. The van der Waals surface area contributed by atoms with Crippen LogP contribution in [-0.4, -0.2) is 31.3 Å². The molecule has 0 bridgehead atoms. The summed E-state index contributed by atoms with van der Waals surface area (Å²) in [5.74, 6) is -2.73. The fraction of sp³-hybridized carbons (Fsp3) is 0.278. The van der Waals surface area contributed by atoms with Crippen molar-refractivity contribution in [2.75, 3.05) is 6.54 Å². The Labute approximate surface area is 145 Å². The summed E-state index contributed by atoms with van der Waals surface area (Å²) in [7, 11) is -3.94. The third-order valence-electron chi connectivity index (χ3n) is 4.88. The van der Waals surface area contributed by atoms with Crippen LogP contribution in [0.3, 0.4) is 0 Å². The number of nitrogens with two attached hydrogens (primary N) is 1. The monoisotopic (exact) mass is 363 g/mol. The molecule has 0 aromatic heterocycles. The lowest BCUT2D eigenvalue weighted by Gasteiger charge is -2.10. The Kier molecular flexibility index (Phi) is 4.17. The molecule has 0 amide bonds. The smallest absolute Gasteiger partial charge is 0.312 e. The van der Waals surface area contributed by atoms with E-state index in [1.165, 1.54) is 36.4 Å². The number of hydrogen-bond donors (Lipinski definition) is 2. The largest absolute Gasteiger partial charge is 0.481 e. The van der Waals surface area contributed by atoms with Crippen molar-refractivity contribution in [1.29, 1.82) is 0 Å². The van der Waals surface area contributed by atoms with E-state index in [1.54, 1.807) is 12.1 Å². The van der Waals surface area contributed by atoms with Gasteiger partial charge in [0.1, 0.15) is 11.2 Å². The van der Waals surface area contributed by atoms with Gasteiger partial charge in [0.05, 0.1) is 10.1 Å². The average molecular weight is 363 g/mol. The highest BCUT2D eigenvalue weighted by Crippen LogP contribution is 2.63. The van der Waals surface area contributed by atoms with Crippen LogP contribution in [0.2, 0.25) is 0 Å². The summed E-state index contributed by atoms with van der Waals surface area (Å²) in [6, 6.07) is 11.6. The van der Waals surface area contributed by atoms with Gasteiger partial charge in [-0.3, -0.25) is 4.79 Å². The highest BCUT2D eigenvalue weighted by molar-refractivity contribution is 7.92. The lowest BCUT2D eigenvalue weighted by molar-refractivity contribution is -0.143. The number of aliphatic carboxylic acids is 1. The second-order valence-corrected chi connectivity index (χ2v) is 8.43. The van der Waals surface area contributed by atoms with Gasteiger partial charge in [-0.2, -0.15) is 0 Å². The van der Waals surface area contributed by atoms with Crippen molar-refractivity contribution in [2.45, 2.75) is 23.0 Å². The molecule has 3 N–H and O–H groups in total. The predicted octanol–water partition coefficient (Wildman–Crippen LogP) is 2.10. The molecule has 0 aliphatic heterocycles. The van der Waals surface area contributed by atoms with Crippen molar-refractivity contribution in [1.82, 2.24) is 0 Å². The van der Waals surface area contributed by atoms with Crippen LogP contribution in [0.4, 0.5) is 4.39 Å². The van der Waals surface area contributed by atoms with E-state index >= 15 is 0 Å². The van der Waals surface area contributed by atoms with Gasteiger partial charge >= 0.3 is 5.97 Å². The fourth-order valence-corrected chi connectivity index (χ4v) is 5.88. The van der Waals surface area contributed by atoms with Crippen LogP contribution in [-0.2, 0) is 14.6 Å². The zero-order valence-electron chi connectivity index (χ0n) is 13.5. The van der Waals surface area contributed by atoms with Gasteiger partial charge in [-0.05, 0) is 36.8 Å². The van der Waals surface area contributed by atoms with Crippen molar-refractivity contribution in [3.63, 3.8) is 0 Å². The molecule has 1 aliphatic rings. The zero-order chi connectivity index (χ0) is 18.4. The van der Waals surface area contributed by atoms with Crippen LogP contribution in [0.15, 0.2) is 53.4 Å². The van der Waals surface area contributed by atoms with Crippen molar-refractivity contribution in [2.24, 2.45) is 11.1 Å². The first-order valence-corrected chi connectivity index (χ1v) is 9.29. The number of sulfone groups is 1. The maximum absolute atomic E-state index is 13.6. The molecular formula is C18H18FNO4S. The molecule has 3 rings (SSSR count). The Balaban J connectivity index is 2.12. The van der Waals surface area contributed by atoms with E-state index in [0.29, 0.717) is 5.56 Å². The van der Waals surface area contributed by atoms with Gasteiger partial charge in [0.25, 0.3) is 0 Å². The summed E-state index contributed by atoms with van der Waals surface area (Å²) in [5, 5.41) is 8.46. The molecule has 25 heavy (non-hydrogen) atoms. The Morgan fingerprint density at radius 1 is 1.24 bits per heavy atom. The van der Waals surface area contributed by atoms with Crippen LogP contribution in [0.25, 0.3) is 0 Å². The van der Waals surface area contributed by atoms with Crippen LogP contribution in [0, 0.1) is 18.2 Å². The first kappa shape index (κ1) is 17.6. The van der Waals surface area contributed by atoms with Gasteiger partial charge in [-0.15, -0.1) is 0 Å². The first-order valence-electron chi connectivity index (χ1n) is 7.74. The second kappa shape index (κ2) is 5.93. The van der Waals surface area contributed by atoms with E-state index in [4.69, 9.17) is 5.73 Å². The second-order valence-electron chi connectivity index (χ2n) is 6.36. The zero-order valence-corrected chi connectivity index (χ0v) is 14.3. The van der Waals surface area contributed by atoms with E-state index in [9.17, 15) is 22.7 Å². The lowest BCUT2D eigenvalue weighted by atomic mass is 9.99. The van der Waals surface area contributed by atoms with E-state index in [1.807, 2.05) is 6.92 Å². The number of hydrogen-bond acceptors (Lipinski definition) is 4. The van der Waals surface area contributed by atoms with Gasteiger partial charge < -0.3 is 10.8 Å². The Bertz CT molecular complexity index is 926. The number of halogens is 1. The quantitative estimate of drug-likeness (QED) is 0.848. The van der Waals surface area contributed by atoms with Gasteiger partial charge in [-0.25, -0.2) is 12.8 Å². The normalized spacial score (nSPS) is 25.6. The number of aryl methyl sites for hydroxylation is 1. The summed E-state index contributed by atoms with van der Waals surface area (Å²) in [6.45, 7) is 1.48. The van der Waals surface area contributed by atoms with E-state index in [2.05, 4.69) is 0 Å². The molecule has 7 heteroatoms. The first-order chi connectivity index (χ1) is 11.7. The summed E-state index contributed by atoms with van der Waals surface area (Å²) < 4.78 is 39.7. The van der Waals surface area contributed by atoms with E-state index in [0.717, 1.165) is 5.56 Å². The Morgan fingerprint density at radius 2 is 1.88 bits per heavy atom. The molecule has 0 spiro atoms. The van der Waals surface area contributed by atoms with Crippen LogP contribution in [0.1, 0.15) is 17.0 Å². The van der Waals surface area contributed by atoms with E-state index in [-0.39, 0.29) is 11.4 Å². The van der Waals surface area contributed by atoms with Crippen molar-refractivity contribution in [3.05, 3.63) is 65.5 Å². The van der Waals surface area contributed by atoms with Crippen molar-refractivity contribution >= 4 is 15.8 Å². The minimum absolute atomic E-state index is 0.0427. The maximum atomic E-state index is 13.6. The Hall–Kier alpha value is -2.25. The molecule has 0 saturated heterocycles. The molecule has 3 atom stereocenters. The van der Waals surface area contributed by atoms with Gasteiger partial charge in [0, 0.05) is 12.5 Å². The van der Waals surface area contributed by atoms with Crippen molar-refractivity contribution < 1.29 is 22.7 Å². The lowest BCUT2D eigenvalue weighted by Crippen LogP contribution is -2.31. The molecule has 0 unspecified atom stereocenters. The molecule has 0 radical (unpaired) electrons. The van der Waals surface area contributed by atoms with E-state index < -0.39 is 38.2 Å². The topological polar surface area (TPSA) is 97.5 Å². The number of carboxylic acid groups (broad SMARTS) is 1. The molecule has 5 nitrogen and oxygen atoms in total. The summed E-state index contributed by atoms with van der Waals surface area (Å²) in [6.07, 6.45) is 0. The standard InChI is InChI=1S/C18H18FNO4S/c1-11-5-7-14(8-6-11)25(23,24)16-15(18(16,10-20)17(21)22)12-3-2-4-13(19)9-12/h2-9,15-16H,10,20H2,1H3,(H,21,22)/t15-,16-,18+/m1/s1. The highest BCUT2D eigenvalue weighted by atomic mass is 32.2. The molecular weight excluding hydrogens is 345 g/mol. The fourth-order valence-electron chi connectivity index (χ4n) is 3.49. The number of benzene rings is 2. The summed E-state index contributed by atoms with van der Waals surface area (Å²) >= 11 is 0. The third-order valence-corrected chi connectivity index (χ3v) is 7.17.